The predicted octanol–water partition coefficient (Wildman–Crippen LogP) is 8.16. The number of rotatable bonds is 5. The molecule has 1 fully saturated rings. The average Bonchev–Trinajstić information content (AvgIpc) is 2.70. The van der Waals surface area contributed by atoms with E-state index in [4.69, 9.17) is 11.6 Å². The molecule has 1 aliphatic heterocycles. The standard InChI is InChI=1S/C27H26ClF3IN/c1-26(2,3)27(31,19-12-22(29)14-23(30)13-19)20-15-33(16-20)25(17-4-8-21(28)9-5-17)18-6-10-24(32)11-7-18/h4-14,20,25H,15-16H2,1-3H3. The topological polar surface area (TPSA) is 3.24 Å². The van der Waals surface area contributed by atoms with Gasteiger partial charge in [0.05, 0.1) is 6.04 Å². The van der Waals surface area contributed by atoms with Gasteiger partial charge in [0.1, 0.15) is 17.3 Å². The summed E-state index contributed by atoms with van der Waals surface area (Å²) < 4.78 is 46.0. The Morgan fingerprint density at radius 3 is 1.85 bits per heavy atom. The smallest absolute Gasteiger partial charge is 0.146 e. The van der Waals surface area contributed by atoms with E-state index < -0.39 is 28.6 Å². The van der Waals surface area contributed by atoms with E-state index in [0.717, 1.165) is 32.9 Å². The molecule has 1 nitrogen and oxygen atoms in total. The van der Waals surface area contributed by atoms with E-state index in [1.807, 2.05) is 24.3 Å². The zero-order chi connectivity index (χ0) is 24.0. The van der Waals surface area contributed by atoms with E-state index in [0.29, 0.717) is 18.1 Å². The number of likely N-dealkylation sites (tertiary alicyclic amines) is 1. The molecular formula is C27H26ClF3IN. The van der Waals surface area contributed by atoms with Crippen LogP contribution in [0.4, 0.5) is 13.2 Å². The highest BCUT2D eigenvalue weighted by Crippen LogP contribution is 2.53. The number of hydrogen-bond donors (Lipinski definition) is 0. The Balaban J connectivity index is 1.68. The molecule has 1 heterocycles. The minimum atomic E-state index is -1.89. The van der Waals surface area contributed by atoms with Crippen molar-refractivity contribution >= 4 is 34.2 Å². The van der Waals surface area contributed by atoms with Crippen LogP contribution in [0.1, 0.15) is 43.5 Å². The summed E-state index contributed by atoms with van der Waals surface area (Å²) in [7, 11) is 0. The van der Waals surface area contributed by atoms with Crippen LogP contribution in [0, 0.1) is 26.5 Å². The Hall–Kier alpha value is -1.57. The average molecular weight is 584 g/mol. The maximum absolute atomic E-state index is 16.8. The molecule has 0 radical (unpaired) electrons. The van der Waals surface area contributed by atoms with E-state index >= 15 is 4.39 Å². The van der Waals surface area contributed by atoms with Gasteiger partial charge in [0.25, 0.3) is 0 Å². The summed E-state index contributed by atoms with van der Waals surface area (Å²) in [5.41, 5.74) is -0.496. The van der Waals surface area contributed by atoms with Gasteiger partial charge in [-0.15, -0.1) is 0 Å². The van der Waals surface area contributed by atoms with E-state index in [1.165, 1.54) is 0 Å². The Morgan fingerprint density at radius 2 is 1.36 bits per heavy atom. The van der Waals surface area contributed by atoms with Crippen molar-refractivity contribution < 1.29 is 13.2 Å². The fourth-order valence-corrected chi connectivity index (χ4v) is 5.41. The van der Waals surface area contributed by atoms with Crippen LogP contribution in [0.2, 0.25) is 5.02 Å². The largest absolute Gasteiger partial charge is 0.291 e. The Bertz CT molecular complexity index is 1060. The van der Waals surface area contributed by atoms with Crippen molar-refractivity contribution in [1.29, 1.82) is 0 Å². The van der Waals surface area contributed by atoms with E-state index in [2.05, 4.69) is 51.8 Å². The molecule has 0 aromatic heterocycles. The highest BCUT2D eigenvalue weighted by molar-refractivity contribution is 14.1. The predicted molar refractivity (Wildman–Crippen MR) is 136 cm³/mol. The molecule has 174 valence electrons. The van der Waals surface area contributed by atoms with Gasteiger partial charge in [-0.2, -0.15) is 0 Å². The molecule has 2 atom stereocenters. The molecule has 6 heteroatoms. The van der Waals surface area contributed by atoms with Crippen LogP contribution in [0.3, 0.4) is 0 Å². The van der Waals surface area contributed by atoms with Gasteiger partial charge in [-0.25, -0.2) is 13.2 Å². The molecule has 0 N–H and O–H groups in total. The van der Waals surface area contributed by atoms with Crippen molar-refractivity contribution in [3.63, 3.8) is 0 Å². The molecule has 1 aliphatic rings. The summed E-state index contributed by atoms with van der Waals surface area (Å²) in [6.45, 7) is 6.28. The Kier molecular flexibility index (Phi) is 6.87. The zero-order valence-corrected chi connectivity index (χ0v) is 21.7. The van der Waals surface area contributed by atoms with E-state index in [9.17, 15) is 8.78 Å². The SMILES string of the molecule is CC(C)(C)C(F)(c1cc(F)cc(F)c1)C1CN(C(c2ccc(Cl)cc2)c2ccc(I)cc2)C1. The number of alkyl halides is 1. The third-order valence-corrected chi connectivity index (χ3v) is 7.55. The van der Waals surface area contributed by atoms with Crippen molar-refractivity contribution in [2.45, 2.75) is 32.5 Å². The highest BCUT2D eigenvalue weighted by atomic mass is 127. The second kappa shape index (κ2) is 9.23. The Labute approximate surface area is 212 Å². The van der Waals surface area contributed by atoms with Crippen LogP contribution in [0.25, 0.3) is 0 Å². The number of benzene rings is 3. The Morgan fingerprint density at radius 1 is 0.879 bits per heavy atom. The first-order chi connectivity index (χ1) is 15.5. The summed E-state index contributed by atoms with van der Waals surface area (Å²) in [5.74, 6) is -1.92. The molecule has 0 spiro atoms. The number of halogens is 5. The van der Waals surface area contributed by atoms with Gasteiger partial charge in [0.2, 0.25) is 0 Å². The summed E-state index contributed by atoms with van der Waals surface area (Å²) in [6, 6.07) is 19.0. The molecule has 0 aliphatic carbocycles. The van der Waals surface area contributed by atoms with Crippen LogP contribution in [-0.2, 0) is 5.67 Å². The van der Waals surface area contributed by atoms with Gasteiger partial charge in [-0.05, 0) is 75.7 Å². The van der Waals surface area contributed by atoms with Crippen LogP contribution >= 0.6 is 34.2 Å². The van der Waals surface area contributed by atoms with Crippen molar-refractivity contribution in [3.05, 3.63) is 104 Å². The van der Waals surface area contributed by atoms with Crippen molar-refractivity contribution in [2.24, 2.45) is 11.3 Å². The van der Waals surface area contributed by atoms with E-state index in [-0.39, 0.29) is 11.6 Å². The highest BCUT2D eigenvalue weighted by Gasteiger charge is 2.55. The van der Waals surface area contributed by atoms with Crippen LogP contribution < -0.4 is 0 Å². The maximum atomic E-state index is 16.8. The number of nitrogens with zero attached hydrogens (tertiary/aromatic N) is 1. The van der Waals surface area contributed by atoms with Crippen molar-refractivity contribution in [2.75, 3.05) is 13.1 Å². The first-order valence-electron chi connectivity index (χ1n) is 10.9. The van der Waals surface area contributed by atoms with Crippen LogP contribution in [-0.4, -0.2) is 18.0 Å². The lowest BCUT2D eigenvalue weighted by Gasteiger charge is -2.54. The maximum Gasteiger partial charge on any atom is 0.146 e. The lowest BCUT2D eigenvalue weighted by atomic mass is 9.64. The molecule has 0 bridgehead atoms. The van der Waals surface area contributed by atoms with E-state index in [1.54, 1.807) is 20.8 Å². The quantitative estimate of drug-likeness (QED) is 0.274. The minimum absolute atomic E-state index is 0.0643. The fraction of sp³-hybridized carbons (Fsp3) is 0.333. The second-order valence-electron chi connectivity index (χ2n) is 9.78. The molecule has 1 saturated heterocycles. The van der Waals surface area contributed by atoms with Crippen molar-refractivity contribution in [1.82, 2.24) is 4.90 Å². The minimum Gasteiger partial charge on any atom is -0.291 e. The molecule has 0 amide bonds. The summed E-state index contributed by atoms with van der Waals surface area (Å²) in [6.07, 6.45) is 0. The first-order valence-corrected chi connectivity index (χ1v) is 12.3. The summed E-state index contributed by atoms with van der Waals surface area (Å²) >= 11 is 8.38. The third kappa shape index (κ3) is 4.82. The molecule has 0 saturated carbocycles. The fourth-order valence-electron chi connectivity index (χ4n) is 4.92. The molecule has 2 unspecified atom stereocenters. The van der Waals surface area contributed by atoms with Crippen molar-refractivity contribution in [3.8, 4) is 0 Å². The monoisotopic (exact) mass is 583 g/mol. The van der Waals surface area contributed by atoms with Gasteiger partial charge >= 0.3 is 0 Å². The molecular weight excluding hydrogens is 558 g/mol. The molecule has 3 aromatic carbocycles. The van der Waals surface area contributed by atoms with Crippen LogP contribution in [0.15, 0.2) is 66.7 Å². The van der Waals surface area contributed by atoms with Gasteiger partial charge in [-0.1, -0.05) is 56.6 Å². The van der Waals surface area contributed by atoms with Gasteiger partial charge in [-0.3, -0.25) is 4.90 Å². The summed E-state index contributed by atoms with van der Waals surface area (Å²) in [5, 5.41) is 0.658. The molecule has 33 heavy (non-hydrogen) atoms. The van der Waals surface area contributed by atoms with Crippen LogP contribution in [0.5, 0.6) is 0 Å². The van der Waals surface area contributed by atoms with Gasteiger partial charge < -0.3 is 0 Å². The third-order valence-electron chi connectivity index (χ3n) is 6.58. The van der Waals surface area contributed by atoms with Gasteiger partial charge in [0.15, 0.2) is 0 Å². The second-order valence-corrected chi connectivity index (χ2v) is 11.5. The lowest BCUT2D eigenvalue weighted by Crippen LogP contribution is -2.59. The normalized spacial score (nSPS) is 17.9. The number of hydrogen-bond acceptors (Lipinski definition) is 1. The van der Waals surface area contributed by atoms with Gasteiger partial charge in [0, 0.05) is 39.1 Å². The lowest BCUT2D eigenvalue weighted by molar-refractivity contribution is -0.107. The molecule has 4 rings (SSSR count). The zero-order valence-electron chi connectivity index (χ0n) is 18.8. The molecule has 3 aromatic rings. The first kappa shape index (κ1) is 24.6. The summed E-state index contributed by atoms with van der Waals surface area (Å²) in [4.78, 5) is 2.21.